The Morgan fingerprint density at radius 1 is 1.14 bits per heavy atom. The summed E-state index contributed by atoms with van der Waals surface area (Å²) in [4.78, 5) is 17.5. The zero-order valence-corrected chi connectivity index (χ0v) is 18.1. The van der Waals surface area contributed by atoms with Gasteiger partial charge in [-0.3, -0.25) is 9.69 Å². The first-order valence-electron chi connectivity index (χ1n) is 10.2. The minimum Gasteiger partial charge on any atom is -0.484 e. The van der Waals surface area contributed by atoms with Crippen LogP contribution in [0.5, 0.6) is 5.75 Å². The summed E-state index contributed by atoms with van der Waals surface area (Å²) in [5.74, 6) is 0.503. The third kappa shape index (κ3) is 4.40. The van der Waals surface area contributed by atoms with Crippen LogP contribution in [0.3, 0.4) is 0 Å². The number of benzene rings is 2. The predicted molar refractivity (Wildman–Crippen MR) is 117 cm³/mol. The van der Waals surface area contributed by atoms with E-state index in [2.05, 4.69) is 29.2 Å². The van der Waals surface area contributed by atoms with Crippen LogP contribution in [-0.2, 0) is 11.2 Å². The lowest BCUT2D eigenvalue weighted by molar-refractivity contribution is -0.136. The Bertz CT molecular complexity index is 883. The number of halogens is 2. The van der Waals surface area contributed by atoms with Crippen LogP contribution in [-0.4, -0.2) is 48.5 Å². The third-order valence-electron chi connectivity index (χ3n) is 6.12. The molecule has 2 aliphatic rings. The van der Waals surface area contributed by atoms with Crippen LogP contribution < -0.4 is 4.74 Å². The van der Waals surface area contributed by atoms with Gasteiger partial charge in [0.15, 0.2) is 6.61 Å². The number of likely N-dealkylation sites (tertiary alicyclic amines) is 1. The van der Waals surface area contributed by atoms with Crippen LogP contribution in [0.1, 0.15) is 36.4 Å². The van der Waals surface area contributed by atoms with Crippen molar-refractivity contribution >= 4 is 29.1 Å². The minimum absolute atomic E-state index is 0.0279. The molecule has 1 saturated heterocycles. The molecule has 0 spiro atoms. The molecule has 2 aromatic rings. The molecule has 1 aliphatic heterocycles. The van der Waals surface area contributed by atoms with Gasteiger partial charge in [0.1, 0.15) is 5.75 Å². The van der Waals surface area contributed by atoms with Gasteiger partial charge in [0.05, 0.1) is 16.1 Å². The molecular formula is C23H26Cl2N2O2. The van der Waals surface area contributed by atoms with Gasteiger partial charge < -0.3 is 9.64 Å². The molecule has 154 valence electrons. The lowest BCUT2D eigenvalue weighted by Crippen LogP contribution is -2.49. The largest absolute Gasteiger partial charge is 0.484 e. The van der Waals surface area contributed by atoms with Crippen molar-refractivity contribution in [1.82, 2.24) is 9.80 Å². The molecule has 6 heteroatoms. The molecule has 0 bridgehead atoms. The van der Waals surface area contributed by atoms with Gasteiger partial charge in [0.2, 0.25) is 0 Å². The zero-order chi connectivity index (χ0) is 20.4. The predicted octanol–water partition coefficient (Wildman–Crippen LogP) is 4.98. The van der Waals surface area contributed by atoms with E-state index < -0.39 is 0 Å². The second-order valence-electron chi connectivity index (χ2n) is 7.86. The summed E-state index contributed by atoms with van der Waals surface area (Å²) in [6.07, 6.45) is 4.62. The monoisotopic (exact) mass is 432 g/mol. The number of hydrogen-bond acceptors (Lipinski definition) is 3. The highest BCUT2D eigenvalue weighted by atomic mass is 35.5. The van der Waals surface area contributed by atoms with E-state index in [-0.39, 0.29) is 18.6 Å². The number of carbonyl (C=O) groups is 1. The highest BCUT2D eigenvalue weighted by Gasteiger charge is 2.38. The van der Waals surface area contributed by atoms with Gasteiger partial charge in [-0.2, -0.15) is 0 Å². The Labute approximate surface area is 182 Å². The summed E-state index contributed by atoms with van der Waals surface area (Å²) in [6.45, 7) is 2.20. The number of carbonyl (C=O) groups excluding carboxylic acids is 1. The summed E-state index contributed by atoms with van der Waals surface area (Å²) in [5, 5.41) is 0.884. The molecule has 29 heavy (non-hydrogen) atoms. The van der Waals surface area contributed by atoms with E-state index in [1.165, 1.54) is 24.0 Å². The topological polar surface area (TPSA) is 32.8 Å². The lowest BCUT2D eigenvalue weighted by Gasteiger charge is -2.43. The standard InChI is InChI=1S/C23H26Cl2N2O2/c1-26(22(28)15-29-17-9-10-19(24)20(25)14-17)23-18-7-3-2-6-16(18)8-11-21(23)27-12-4-5-13-27/h2-3,6-7,9-10,14,21,23H,4-5,8,11-13,15H2,1H3. The summed E-state index contributed by atoms with van der Waals surface area (Å²) in [5.41, 5.74) is 2.61. The number of fused-ring (bicyclic) bond motifs is 1. The second-order valence-corrected chi connectivity index (χ2v) is 8.68. The first-order valence-corrected chi connectivity index (χ1v) is 11.0. The van der Waals surface area contributed by atoms with Crippen LogP contribution >= 0.6 is 23.2 Å². The van der Waals surface area contributed by atoms with Crippen LogP contribution in [0.2, 0.25) is 10.0 Å². The molecule has 0 aromatic heterocycles. The van der Waals surface area contributed by atoms with Gasteiger partial charge in [-0.25, -0.2) is 0 Å². The zero-order valence-electron chi connectivity index (χ0n) is 16.6. The maximum absolute atomic E-state index is 13.1. The molecule has 0 N–H and O–H groups in total. The molecule has 2 atom stereocenters. The Balaban J connectivity index is 1.52. The molecular weight excluding hydrogens is 407 g/mol. The van der Waals surface area contributed by atoms with Crippen molar-refractivity contribution in [3.8, 4) is 5.75 Å². The van der Waals surface area contributed by atoms with Crippen LogP contribution in [0, 0.1) is 0 Å². The molecule has 2 aromatic carbocycles. The van der Waals surface area contributed by atoms with Gasteiger partial charge >= 0.3 is 0 Å². The number of ether oxygens (including phenoxy) is 1. The van der Waals surface area contributed by atoms with Crippen molar-refractivity contribution < 1.29 is 9.53 Å². The fraction of sp³-hybridized carbons (Fsp3) is 0.435. The summed E-state index contributed by atoms with van der Waals surface area (Å²) >= 11 is 12.0. The summed E-state index contributed by atoms with van der Waals surface area (Å²) in [7, 11) is 1.90. The molecule has 1 aliphatic carbocycles. The van der Waals surface area contributed by atoms with Crippen molar-refractivity contribution in [3.63, 3.8) is 0 Å². The van der Waals surface area contributed by atoms with Crippen molar-refractivity contribution in [2.45, 2.75) is 37.8 Å². The highest BCUT2D eigenvalue weighted by Crippen LogP contribution is 2.38. The average Bonchev–Trinajstić information content (AvgIpc) is 3.27. The van der Waals surface area contributed by atoms with E-state index in [9.17, 15) is 4.79 Å². The molecule has 1 heterocycles. The number of amides is 1. The van der Waals surface area contributed by atoms with Crippen molar-refractivity contribution in [1.29, 1.82) is 0 Å². The van der Waals surface area contributed by atoms with Crippen LogP contribution in [0.4, 0.5) is 0 Å². The third-order valence-corrected chi connectivity index (χ3v) is 6.86. The average molecular weight is 433 g/mol. The molecule has 0 radical (unpaired) electrons. The number of rotatable bonds is 5. The summed E-state index contributed by atoms with van der Waals surface area (Å²) < 4.78 is 5.72. The Hall–Kier alpha value is -1.75. The Morgan fingerprint density at radius 3 is 2.66 bits per heavy atom. The first kappa shape index (κ1) is 20.5. The van der Waals surface area contributed by atoms with E-state index in [4.69, 9.17) is 27.9 Å². The molecule has 4 nitrogen and oxygen atoms in total. The van der Waals surface area contributed by atoms with E-state index in [1.54, 1.807) is 18.2 Å². The van der Waals surface area contributed by atoms with Crippen LogP contribution in [0.25, 0.3) is 0 Å². The Kier molecular flexibility index (Phi) is 6.33. The van der Waals surface area contributed by atoms with E-state index in [1.807, 2.05) is 11.9 Å². The van der Waals surface area contributed by atoms with Crippen molar-refractivity contribution in [2.24, 2.45) is 0 Å². The first-order chi connectivity index (χ1) is 14.0. The van der Waals surface area contributed by atoms with Gasteiger partial charge in [-0.05, 0) is 62.0 Å². The van der Waals surface area contributed by atoms with E-state index >= 15 is 0 Å². The lowest BCUT2D eigenvalue weighted by atomic mass is 9.82. The molecule has 0 saturated carbocycles. The normalized spacial score (nSPS) is 21.6. The maximum atomic E-state index is 13.1. The number of hydrogen-bond donors (Lipinski definition) is 0. The highest BCUT2D eigenvalue weighted by molar-refractivity contribution is 6.42. The van der Waals surface area contributed by atoms with Gasteiger partial charge in [-0.15, -0.1) is 0 Å². The van der Waals surface area contributed by atoms with Gasteiger partial charge in [0, 0.05) is 19.2 Å². The molecule has 2 unspecified atom stereocenters. The van der Waals surface area contributed by atoms with E-state index in [0.717, 1.165) is 25.9 Å². The number of nitrogens with zero attached hydrogens (tertiary/aromatic N) is 2. The van der Waals surface area contributed by atoms with Crippen LogP contribution in [0.15, 0.2) is 42.5 Å². The fourth-order valence-corrected chi connectivity index (χ4v) is 4.90. The SMILES string of the molecule is CN(C(=O)COc1ccc(Cl)c(Cl)c1)C1c2ccccc2CCC1N1CCCC1. The van der Waals surface area contributed by atoms with Gasteiger partial charge in [-0.1, -0.05) is 47.5 Å². The van der Waals surface area contributed by atoms with E-state index in [0.29, 0.717) is 21.8 Å². The summed E-state index contributed by atoms with van der Waals surface area (Å²) in [6, 6.07) is 14.0. The number of likely N-dealkylation sites (N-methyl/N-ethyl adjacent to an activating group) is 1. The second kappa shape index (κ2) is 8.95. The molecule has 1 amide bonds. The quantitative estimate of drug-likeness (QED) is 0.667. The maximum Gasteiger partial charge on any atom is 0.260 e. The van der Waals surface area contributed by atoms with Crippen molar-refractivity contribution in [2.75, 3.05) is 26.7 Å². The Morgan fingerprint density at radius 2 is 1.90 bits per heavy atom. The molecule has 4 rings (SSSR count). The molecule has 1 fully saturated rings. The number of aryl methyl sites for hydroxylation is 1. The fourth-order valence-electron chi connectivity index (χ4n) is 4.61. The van der Waals surface area contributed by atoms with Crippen molar-refractivity contribution in [3.05, 3.63) is 63.6 Å². The van der Waals surface area contributed by atoms with Gasteiger partial charge in [0.25, 0.3) is 5.91 Å². The smallest absolute Gasteiger partial charge is 0.260 e. The minimum atomic E-state index is -0.0398.